The van der Waals surface area contributed by atoms with Crippen LogP contribution in [0.15, 0.2) is 53.7 Å². The summed E-state index contributed by atoms with van der Waals surface area (Å²) in [5.74, 6) is 0.608. The first kappa shape index (κ1) is 20.8. The van der Waals surface area contributed by atoms with Crippen LogP contribution in [-0.2, 0) is 11.3 Å². The fraction of sp³-hybridized carbons (Fsp3) is 0.273. The molecule has 1 atom stereocenters. The summed E-state index contributed by atoms with van der Waals surface area (Å²) in [4.78, 5) is 24.2. The molecule has 0 bridgehead atoms. The minimum atomic E-state index is -0.379. The van der Waals surface area contributed by atoms with E-state index < -0.39 is 0 Å². The van der Waals surface area contributed by atoms with Gasteiger partial charge < -0.3 is 9.88 Å². The summed E-state index contributed by atoms with van der Waals surface area (Å²) in [6, 6.07) is 15.0. The first-order chi connectivity index (χ1) is 13.9. The van der Waals surface area contributed by atoms with Gasteiger partial charge in [0.15, 0.2) is 16.8 Å². The zero-order chi connectivity index (χ0) is 21.0. The van der Waals surface area contributed by atoms with Gasteiger partial charge in [-0.2, -0.15) is 0 Å². The van der Waals surface area contributed by atoms with Crippen molar-refractivity contribution < 1.29 is 9.59 Å². The van der Waals surface area contributed by atoms with Crippen molar-refractivity contribution in [2.24, 2.45) is 0 Å². The predicted molar refractivity (Wildman–Crippen MR) is 116 cm³/mol. The summed E-state index contributed by atoms with van der Waals surface area (Å²) in [5, 5.41) is 11.9. The molecule has 29 heavy (non-hydrogen) atoms. The molecule has 0 fully saturated rings. The number of Topliss-reactive ketones (excluding diaryl/α,β-unsaturated/α-hetero) is 1. The lowest BCUT2D eigenvalue weighted by molar-refractivity contribution is -0.115. The van der Waals surface area contributed by atoms with E-state index in [0.29, 0.717) is 23.0 Å². The van der Waals surface area contributed by atoms with E-state index in [1.165, 1.54) is 18.7 Å². The summed E-state index contributed by atoms with van der Waals surface area (Å²) in [6.45, 7) is 8.11. The molecule has 0 saturated carbocycles. The van der Waals surface area contributed by atoms with Gasteiger partial charge in [0.2, 0.25) is 5.91 Å². The van der Waals surface area contributed by atoms with Crippen molar-refractivity contribution in [2.75, 3.05) is 5.32 Å². The van der Waals surface area contributed by atoms with E-state index >= 15 is 0 Å². The summed E-state index contributed by atoms with van der Waals surface area (Å²) in [5.41, 5.74) is 3.33. The van der Waals surface area contributed by atoms with Gasteiger partial charge in [-0.15, -0.1) is 10.2 Å². The molecule has 0 aliphatic carbocycles. The first-order valence-corrected chi connectivity index (χ1v) is 10.4. The van der Waals surface area contributed by atoms with Crippen LogP contribution in [0.2, 0.25) is 0 Å². The lowest BCUT2D eigenvalue weighted by atomic mass is 10.1. The van der Waals surface area contributed by atoms with E-state index in [-0.39, 0.29) is 16.9 Å². The van der Waals surface area contributed by atoms with Crippen molar-refractivity contribution in [1.29, 1.82) is 0 Å². The highest BCUT2D eigenvalue weighted by Crippen LogP contribution is 2.28. The zero-order valence-electron chi connectivity index (χ0n) is 17.0. The van der Waals surface area contributed by atoms with Crippen LogP contribution in [0.25, 0.3) is 11.4 Å². The van der Waals surface area contributed by atoms with Crippen LogP contribution in [0.4, 0.5) is 5.69 Å². The molecule has 1 aromatic heterocycles. The Morgan fingerprint density at radius 2 is 1.90 bits per heavy atom. The fourth-order valence-electron chi connectivity index (χ4n) is 2.96. The van der Waals surface area contributed by atoms with Crippen molar-refractivity contribution in [2.45, 2.75) is 44.6 Å². The largest absolute Gasteiger partial charge is 0.325 e. The third-order valence-electron chi connectivity index (χ3n) is 4.61. The smallest absolute Gasteiger partial charge is 0.237 e. The molecule has 2 aromatic carbocycles. The molecule has 1 N–H and O–H groups in total. The summed E-state index contributed by atoms with van der Waals surface area (Å²) < 4.78 is 2.02. The van der Waals surface area contributed by atoms with Gasteiger partial charge in [0.1, 0.15) is 0 Å². The standard InChI is InChI=1S/C22H24N4O2S/c1-5-26-20(19-12-7-6-9-14(19)2)24-25-22(26)29-16(4)21(28)23-18-11-8-10-17(13-18)15(3)27/h6-13,16H,5H2,1-4H3,(H,23,28)/t16-/m1/s1. The van der Waals surface area contributed by atoms with Gasteiger partial charge in [-0.05, 0) is 45.4 Å². The Balaban J connectivity index is 1.76. The molecular formula is C22H24N4O2S. The number of aryl methyl sites for hydroxylation is 1. The Morgan fingerprint density at radius 3 is 2.59 bits per heavy atom. The van der Waals surface area contributed by atoms with Crippen molar-refractivity contribution in [3.05, 3.63) is 59.7 Å². The maximum atomic E-state index is 12.7. The average molecular weight is 409 g/mol. The molecule has 3 rings (SSSR count). The third kappa shape index (κ3) is 4.74. The second kappa shape index (κ2) is 9.05. The van der Waals surface area contributed by atoms with Crippen molar-refractivity contribution in [3.8, 4) is 11.4 Å². The Labute approximate surface area is 174 Å². The van der Waals surface area contributed by atoms with Crippen LogP contribution in [0.5, 0.6) is 0 Å². The van der Waals surface area contributed by atoms with Crippen molar-refractivity contribution in [3.63, 3.8) is 0 Å². The van der Waals surface area contributed by atoms with Crippen LogP contribution in [0, 0.1) is 6.92 Å². The first-order valence-electron chi connectivity index (χ1n) is 9.48. The number of amides is 1. The fourth-order valence-corrected chi connectivity index (χ4v) is 3.87. The van der Waals surface area contributed by atoms with E-state index in [2.05, 4.69) is 15.5 Å². The molecule has 0 spiro atoms. The van der Waals surface area contributed by atoms with E-state index in [0.717, 1.165) is 17.0 Å². The second-order valence-electron chi connectivity index (χ2n) is 6.75. The molecule has 1 heterocycles. The number of rotatable bonds is 7. The van der Waals surface area contributed by atoms with Crippen molar-refractivity contribution >= 4 is 29.1 Å². The number of ketones is 1. The van der Waals surface area contributed by atoms with Crippen LogP contribution < -0.4 is 5.32 Å². The van der Waals surface area contributed by atoms with Crippen LogP contribution in [-0.4, -0.2) is 31.7 Å². The number of anilines is 1. The monoisotopic (exact) mass is 408 g/mol. The maximum absolute atomic E-state index is 12.7. The molecule has 150 valence electrons. The minimum absolute atomic E-state index is 0.0386. The number of carbonyl (C=O) groups excluding carboxylic acids is 2. The molecule has 7 heteroatoms. The number of hydrogen-bond acceptors (Lipinski definition) is 5. The molecular weight excluding hydrogens is 384 g/mol. The van der Waals surface area contributed by atoms with Crippen molar-refractivity contribution in [1.82, 2.24) is 14.8 Å². The van der Waals surface area contributed by atoms with Crippen LogP contribution in [0.1, 0.15) is 36.7 Å². The number of carbonyl (C=O) groups is 2. The molecule has 0 radical (unpaired) electrons. The summed E-state index contributed by atoms with van der Waals surface area (Å²) in [6.07, 6.45) is 0. The van der Waals surface area contributed by atoms with E-state index in [1.54, 1.807) is 24.3 Å². The molecule has 1 amide bonds. The quantitative estimate of drug-likeness (QED) is 0.457. The van der Waals surface area contributed by atoms with E-state index in [9.17, 15) is 9.59 Å². The van der Waals surface area contributed by atoms with E-state index in [4.69, 9.17) is 0 Å². The number of nitrogens with one attached hydrogen (secondary N) is 1. The normalized spacial score (nSPS) is 11.9. The highest BCUT2D eigenvalue weighted by Gasteiger charge is 2.21. The van der Waals surface area contributed by atoms with E-state index in [1.807, 2.05) is 49.6 Å². The lowest BCUT2D eigenvalue weighted by Crippen LogP contribution is -2.23. The zero-order valence-corrected chi connectivity index (χ0v) is 17.8. The number of thioether (sulfide) groups is 1. The van der Waals surface area contributed by atoms with Gasteiger partial charge in [0.05, 0.1) is 5.25 Å². The maximum Gasteiger partial charge on any atom is 0.237 e. The van der Waals surface area contributed by atoms with Crippen LogP contribution in [0.3, 0.4) is 0 Å². The molecule has 0 saturated heterocycles. The highest BCUT2D eigenvalue weighted by atomic mass is 32.2. The topological polar surface area (TPSA) is 76.9 Å². The Morgan fingerprint density at radius 1 is 1.14 bits per heavy atom. The average Bonchev–Trinajstić information content (AvgIpc) is 3.10. The van der Waals surface area contributed by atoms with Gasteiger partial charge in [0, 0.05) is 23.4 Å². The summed E-state index contributed by atoms with van der Waals surface area (Å²) in [7, 11) is 0. The van der Waals surface area contributed by atoms with Gasteiger partial charge in [-0.3, -0.25) is 9.59 Å². The van der Waals surface area contributed by atoms with Gasteiger partial charge >= 0.3 is 0 Å². The number of hydrogen-bond donors (Lipinski definition) is 1. The number of benzene rings is 2. The van der Waals surface area contributed by atoms with Gasteiger partial charge in [-0.1, -0.05) is 48.2 Å². The molecule has 6 nitrogen and oxygen atoms in total. The third-order valence-corrected chi connectivity index (χ3v) is 5.69. The van der Waals surface area contributed by atoms with Gasteiger partial charge in [-0.25, -0.2) is 0 Å². The number of aromatic nitrogens is 3. The molecule has 0 unspecified atom stereocenters. The lowest BCUT2D eigenvalue weighted by Gasteiger charge is -2.13. The molecule has 0 aliphatic rings. The Bertz CT molecular complexity index is 1040. The predicted octanol–water partition coefficient (Wildman–Crippen LogP) is 4.60. The second-order valence-corrected chi connectivity index (χ2v) is 8.06. The Hall–Kier alpha value is -2.93. The minimum Gasteiger partial charge on any atom is -0.325 e. The molecule has 0 aliphatic heterocycles. The molecule has 3 aromatic rings. The Kier molecular flexibility index (Phi) is 6.49. The SMILES string of the molecule is CCn1c(S[C@H](C)C(=O)Nc2cccc(C(C)=O)c2)nnc1-c1ccccc1C. The van der Waals surface area contributed by atoms with Gasteiger partial charge in [0.25, 0.3) is 0 Å². The summed E-state index contributed by atoms with van der Waals surface area (Å²) >= 11 is 1.36. The number of nitrogens with zero attached hydrogens (tertiary/aromatic N) is 3. The van der Waals surface area contributed by atoms with Crippen LogP contribution >= 0.6 is 11.8 Å². The highest BCUT2D eigenvalue weighted by molar-refractivity contribution is 8.00.